The third kappa shape index (κ3) is 2.64. The molecule has 0 atom stereocenters. The first-order valence-electron chi connectivity index (χ1n) is 3.90. The summed E-state index contributed by atoms with van der Waals surface area (Å²) in [7, 11) is 0. The van der Waals surface area contributed by atoms with Gasteiger partial charge in [-0.15, -0.1) is 0 Å². The van der Waals surface area contributed by atoms with Crippen molar-refractivity contribution in [3.05, 3.63) is 34.9 Å². The van der Waals surface area contributed by atoms with Crippen molar-refractivity contribution in [2.75, 3.05) is 6.54 Å². The van der Waals surface area contributed by atoms with Crippen molar-refractivity contribution in [1.82, 2.24) is 0 Å². The fourth-order valence-corrected chi connectivity index (χ4v) is 1.23. The van der Waals surface area contributed by atoms with Gasteiger partial charge in [-0.1, -0.05) is 23.7 Å². The van der Waals surface area contributed by atoms with Crippen LogP contribution in [0.25, 0.3) is 0 Å². The van der Waals surface area contributed by atoms with Gasteiger partial charge in [0.1, 0.15) is 0 Å². The predicted molar refractivity (Wildman–Crippen MR) is 49.0 cm³/mol. The Morgan fingerprint density at radius 3 is 2.62 bits per heavy atom. The van der Waals surface area contributed by atoms with Crippen molar-refractivity contribution in [2.24, 2.45) is 5.73 Å². The standard InChI is InChI=1S/C9H10ClF2N/c10-8-3-1-2-7(6-8)9(11,12)4-5-13/h1-3,6H,4-5,13H2. The van der Waals surface area contributed by atoms with Crippen molar-refractivity contribution in [1.29, 1.82) is 0 Å². The van der Waals surface area contributed by atoms with Gasteiger partial charge in [-0.3, -0.25) is 0 Å². The summed E-state index contributed by atoms with van der Waals surface area (Å²) in [6.07, 6.45) is -0.354. The van der Waals surface area contributed by atoms with Crippen LogP contribution in [0.3, 0.4) is 0 Å². The maximum Gasteiger partial charge on any atom is 0.274 e. The Morgan fingerprint density at radius 2 is 2.08 bits per heavy atom. The van der Waals surface area contributed by atoms with Crippen LogP contribution in [0.5, 0.6) is 0 Å². The van der Waals surface area contributed by atoms with Crippen LogP contribution >= 0.6 is 11.6 Å². The molecule has 1 nitrogen and oxygen atoms in total. The number of hydrogen-bond donors (Lipinski definition) is 1. The minimum Gasteiger partial charge on any atom is -0.330 e. The molecule has 0 radical (unpaired) electrons. The highest BCUT2D eigenvalue weighted by molar-refractivity contribution is 6.30. The first kappa shape index (κ1) is 10.4. The van der Waals surface area contributed by atoms with Crippen molar-refractivity contribution in [3.8, 4) is 0 Å². The highest BCUT2D eigenvalue weighted by atomic mass is 35.5. The van der Waals surface area contributed by atoms with E-state index >= 15 is 0 Å². The molecule has 13 heavy (non-hydrogen) atoms. The van der Waals surface area contributed by atoms with Gasteiger partial charge >= 0.3 is 0 Å². The largest absolute Gasteiger partial charge is 0.330 e. The predicted octanol–water partition coefficient (Wildman–Crippen LogP) is 2.78. The third-order valence-corrected chi connectivity index (χ3v) is 1.94. The summed E-state index contributed by atoms with van der Waals surface area (Å²) < 4.78 is 26.4. The van der Waals surface area contributed by atoms with Crippen molar-refractivity contribution in [2.45, 2.75) is 12.3 Å². The van der Waals surface area contributed by atoms with Crippen LogP contribution in [0, 0.1) is 0 Å². The van der Waals surface area contributed by atoms with Crippen LogP contribution in [0.4, 0.5) is 8.78 Å². The zero-order valence-electron chi connectivity index (χ0n) is 6.93. The average molecular weight is 206 g/mol. The summed E-state index contributed by atoms with van der Waals surface area (Å²) in [6, 6.07) is 5.67. The second kappa shape index (κ2) is 4.03. The number of alkyl halides is 2. The lowest BCUT2D eigenvalue weighted by molar-refractivity contribution is -0.0107. The van der Waals surface area contributed by atoms with Crippen LogP contribution in [0.2, 0.25) is 5.02 Å². The molecule has 1 aromatic rings. The average Bonchev–Trinajstić information content (AvgIpc) is 2.04. The normalized spacial score (nSPS) is 11.7. The molecule has 0 saturated carbocycles. The lowest BCUT2D eigenvalue weighted by Gasteiger charge is -2.15. The van der Waals surface area contributed by atoms with E-state index in [1.807, 2.05) is 0 Å². The van der Waals surface area contributed by atoms with E-state index in [9.17, 15) is 8.78 Å². The van der Waals surface area contributed by atoms with Crippen LogP contribution in [-0.2, 0) is 5.92 Å². The molecular formula is C9H10ClF2N. The summed E-state index contributed by atoms with van der Waals surface area (Å²) in [5.41, 5.74) is 5.00. The Balaban J connectivity index is 2.93. The molecule has 0 aliphatic rings. The Kier molecular flexibility index (Phi) is 3.22. The molecule has 0 fully saturated rings. The summed E-state index contributed by atoms with van der Waals surface area (Å²) in [6.45, 7) is -0.0421. The Bertz CT molecular complexity index is 289. The topological polar surface area (TPSA) is 26.0 Å². The van der Waals surface area contributed by atoms with E-state index in [0.717, 1.165) is 0 Å². The molecule has 0 aliphatic heterocycles. The summed E-state index contributed by atoms with van der Waals surface area (Å²) in [4.78, 5) is 0. The number of benzene rings is 1. The van der Waals surface area contributed by atoms with E-state index in [4.69, 9.17) is 17.3 Å². The van der Waals surface area contributed by atoms with Gasteiger partial charge in [0.2, 0.25) is 0 Å². The minimum absolute atomic E-state index is 0.0421. The van der Waals surface area contributed by atoms with Crippen molar-refractivity contribution < 1.29 is 8.78 Å². The van der Waals surface area contributed by atoms with E-state index in [-0.39, 0.29) is 18.5 Å². The first-order chi connectivity index (χ1) is 6.06. The van der Waals surface area contributed by atoms with E-state index in [1.54, 1.807) is 6.07 Å². The zero-order chi connectivity index (χ0) is 9.90. The molecule has 72 valence electrons. The molecule has 2 N–H and O–H groups in total. The molecule has 0 amide bonds. The fraction of sp³-hybridized carbons (Fsp3) is 0.333. The molecule has 0 aliphatic carbocycles. The molecule has 0 aromatic heterocycles. The Hall–Kier alpha value is -0.670. The van der Waals surface area contributed by atoms with Crippen molar-refractivity contribution >= 4 is 11.6 Å². The van der Waals surface area contributed by atoms with E-state index in [0.29, 0.717) is 5.02 Å². The first-order valence-corrected chi connectivity index (χ1v) is 4.28. The van der Waals surface area contributed by atoms with Gasteiger partial charge in [0.15, 0.2) is 0 Å². The SMILES string of the molecule is NCCC(F)(F)c1cccc(Cl)c1. The van der Waals surface area contributed by atoms with Crippen LogP contribution in [0.15, 0.2) is 24.3 Å². The minimum atomic E-state index is -2.88. The fourth-order valence-electron chi connectivity index (χ4n) is 1.04. The summed E-state index contributed by atoms with van der Waals surface area (Å²) >= 11 is 5.59. The highest BCUT2D eigenvalue weighted by Crippen LogP contribution is 2.32. The van der Waals surface area contributed by atoms with Gasteiger partial charge in [-0.25, -0.2) is 8.78 Å². The molecule has 0 heterocycles. The van der Waals surface area contributed by atoms with Gasteiger partial charge in [0, 0.05) is 17.0 Å². The highest BCUT2D eigenvalue weighted by Gasteiger charge is 2.30. The maximum absolute atomic E-state index is 13.2. The van der Waals surface area contributed by atoms with Gasteiger partial charge in [-0.2, -0.15) is 0 Å². The lowest BCUT2D eigenvalue weighted by atomic mass is 10.1. The number of hydrogen-bond acceptors (Lipinski definition) is 1. The van der Waals surface area contributed by atoms with Crippen LogP contribution in [0.1, 0.15) is 12.0 Å². The zero-order valence-corrected chi connectivity index (χ0v) is 7.69. The van der Waals surface area contributed by atoms with Gasteiger partial charge < -0.3 is 5.73 Å². The van der Waals surface area contributed by atoms with Gasteiger partial charge in [0.05, 0.1) is 0 Å². The number of nitrogens with two attached hydrogens (primary N) is 1. The molecule has 0 unspecified atom stereocenters. The Labute approximate surface area is 80.5 Å². The molecule has 1 aromatic carbocycles. The molecule has 1 rings (SSSR count). The van der Waals surface area contributed by atoms with Gasteiger partial charge in [0.25, 0.3) is 5.92 Å². The van der Waals surface area contributed by atoms with Crippen molar-refractivity contribution in [3.63, 3.8) is 0 Å². The number of rotatable bonds is 3. The van der Waals surface area contributed by atoms with Crippen LogP contribution in [-0.4, -0.2) is 6.54 Å². The quantitative estimate of drug-likeness (QED) is 0.807. The Morgan fingerprint density at radius 1 is 1.38 bits per heavy atom. The van der Waals surface area contributed by atoms with E-state index in [1.165, 1.54) is 18.2 Å². The summed E-state index contributed by atoms with van der Waals surface area (Å²) in [5.74, 6) is -2.88. The smallest absolute Gasteiger partial charge is 0.274 e. The third-order valence-electron chi connectivity index (χ3n) is 1.71. The van der Waals surface area contributed by atoms with E-state index in [2.05, 4.69) is 0 Å². The van der Waals surface area contributed by atoms with Gasteiger partial charge in [-0.05, 0) is 18.7 Å². The van der Waals surface area contributed by atoms with Crippen LogP contribution < -0.4 is 5.73 Å². The van der Waals surface area contributed by atoms with E-state index < -0.39 is 5.92 Å². The molecule has 4 heteroatoms. The molecule has 0 saturated heterocycles. The maximum atomic E-state index is 13.2. The molecule has 0 bridgehead atoms. The second-order valence-corrected chi connectivity index (χ2v) is 3.19. The summed E-state index contributed by atoms with van der Waals surface area (Å²) in [5, 5.41) is 0.314. The monoisotopic (exact) mass is 205 g/mol. The molecular weight excluding hydrogens is 196 g/mol. The lowest BCUT2D eigenvalue weighted by Crippen LogP contribution is -2.18. The molecule has 0 spiro atoms. The second-order valence-electron chi connectivity index (χ2n) is 2.75. The number of halogens is 3.